The highest BCUT2D eigenvalue weighted by atomic mass is 16.3. The molecule has 2 aliphatic carbocycles. The summed E-state index contributed by atoms with van der Waals surface area (Å²) >= 11 is 0. The lowest BCUT2D eigenvalue weighted by Crippen LogP contribution is -2.25. The molecule has 0 bridgehead atoms. The van der Waals surface area contributed by atoms with Gasteiger partial charge in [-0.25, -0.2) is 0 Å². The molecule has 0 radical (unpaired) electrons. The highest BCUT2D eigenvalue weighted by molar-refractivity contribution is 6.10. The Labute approximate surface area is 284 Å². The first-order valence-electron chi connectivity index (χ1n) is 16.9. The molecule has 0 saturated heterocycles. The van der Waals surface area contributed by atoms with Gasteiger partial charge in [0.2, 0.25) is 0 Å². The Kier molecular flexibility index (Phi) is 5.34. The summed E-state index contributed by atoms with van der Waals surface area (Å²) in [6.07, 6.45) is 0. The Morgan fingerprint density at radius 2 is 0.837 bits per heavy atom. The van der Waals surface area contributed by atoms with Crippen LogP contribution in [0.25, 0.3) is 54.8 Å². The topological polar surface area (TPSA) is 16.4 Å². The van der Waals surface area contributed by atoms with Crippen molar-refractivity contribution in [2.24, 2.45) is 0 Å². The Morgan fingerprint density at radius 3 is 1.51 bits per heavy atom. The Balaban J connectivity index is 1.29. The molecule has 0 saturated carbocycles. The third-order valence-electron chi connectivity index (χ3n) is 10.8. The smallest absolute Gasteiger partial charge is 0.135 e. The lowest BCUT2D eigenvalue weighted by molar-refractivity contribution is 0.507. The molecule has 2 nitrogen and oxygen atoms in total. The van der Waals surface area contributed by atoms with Crippen molar-refractivity contribution < 1.29 is 4.42 Å². The maximum atomic E-state index is 7.02. The Morgan fingerprint density at radius 1 is 0.367 bits per heavy atom. The van der Waals surface area contributed by atoms with E-state index in [1.165, 1.54) is 60.5 Å². The van der Waals surface area contributed by atoms with E-state index in [2.05, 4.69) is 181 Å². The average Bonchev–Trinajstić information content (AvgIpc) is 3.79. The van der Waals surface area contributed by atoms with E-state index >= 15 is 0 Å². The molecule has 1 aromatic heterocycles. The molecule has 1 spiro atoms. The van der Waals surface area contributed by atoms with E-state index in [1.54, 1.807) is 0 Å². The number of rotatable bonds is 3. The van der Waals surface area contributed by atoms with Crippen molar-refractivity contribution in [3.05, 3.63) is 198 Å². The van der Waals surface area contributed by atoms with Crippen LogP contribution in [0.3, 0.4) is 0 Å². The molecule has 0 fully saturated rings. The normalized spacial score (nSPS) is 15.4. The SMILES string of the molecule is c1ccc2c(c1)-c1c(N(c3cccc4ccccc34)c3cccc4ccccc34)cccc1C21c2ccccc2-c2c1oc1ccccc21. The zero-order chi connectivity index (χ0) is 32.1. The summed E-state index contributed by atoms with van der Waals surface area (Å²) in [5.41, 5.74) is 12.5. The lowest BCUT2D eigenvalue weighted by Gasteiger charge is -2.31. The van der Waals surface area contributed by atoms with Gasteiger partial charge in [0, 0.05) is 27.3 Å². The first-order valence-corrected chi connectivity index (χ1v) is 16.9. The van der Waals surface area contributed by atoms with Crippen molar-refractivity contribution in [3.8, 4) is 22.3 Å². The fraction of sp³-hybridized carbons (Fsp3) is 0.0213. The van der Waals surface area contributed by atoms with Crippen molar-refractivity contribution in [1.82, 2.24) is 0 Å². The van der Waals surface area contributed by atoms with E-state index in [0.717, 1.165) is 33.8 Å². The lowest BCUT2D eigenvalue weighted by atomic mass is 9.73. The van der Waals surface area contributed by atoms with Crippen LogP contribution >= 0.6 is 0 Å². The third-order valence-corrected chi connectivity index (χ3v) is 10.8. The highest BCUT2D eigenvalue weighted by Crippen LogP contribution is 2.66. The maximum Gasteiger partial charge on any atom is 0.135 e. The summed E-state index contributed by atoms with van der Waals surface area (Å²) in [6.45, 7) is 0. The second-order valence-corrected chi connectivity index (χ2v) is 13.2. The number of benzene rings is 8. The van der Waals surface area contributed by atoms with Gasteiger partial charge >= 0.3 is 0 Å². The second-order valence-electron chi connectivity index (χ2n) is 13.2. The van der Waals surface area contributed by atoms with E-state index in [4.69, 9.17) is 4.42 Å². The highest BCUT2D eigenvalue weighted by Gasteiger charge is 2.55. The van der Waals surface area contributed by atoms with Gasteiger partial charge in [0.05, 0.1) is 17.1 Å². The minimum Gasteiger partial charge on any atom is -0.459 e. The third kappa shape index (κ3) is 3.40. The van der Waals surface area contributed by atoms with E-state index < -0.39 is 5.41 Å². The first-order chi connectivity index (χ1) is 24.3. The van der Waals surface area contributed by atoms with Crippen molar-refractivity contribution in [3.63, 3.8) is 0 Å². The van der Waals surface area contributed by atoms with Crippen LogP contribution in [0.15, 0.2) is 180 Å². The van der Waals surface area contributed by atoms with Crippen molar-refractivity contribution >= 4 is 49.6 Å². The number of hydrogen-bond donors (Lipinski definition) is 0. The maximum absolute atomic E-state index is 7.02. The summed E-state index contributed by atoms with van der Waals surface area (Å²) in [5, 5.41) is 6.01. The second kappa shape index (κ2) is 9.82. The molecular formula is C47H29NO. The minimum absolute atomic E-state index is 0.587. The van der Waals surface area contributed by atoms with E-state index in [0.29, 0.717) is 0 Å². The van der Waals surface area contributed by atoms with Gasteiger partial charge in [-0.1, -0.05) is 152 Å². The van der Waals surface area contributed by atoms with Gasteiger partial charge in [0.25, 0.3) is 0 Å². The number of furan rings is 1. The largest absolute Gasteiger partial charge is 0.459 e. The standard InChI is InChI=1S/C47H29NO/c1-3-18-32-30(14-1)16-11-26-40(32)48(41-27-12-17-31-15-2-4-19-33(31)41)42-28-13-25-39-45(42)35-21-6-9-24-38(35)47(39)37-23-8-5-20-34(37)44-36-22-7-10-29-43(36)49-46(44)47/h1-29H. The van der Waals surface area contributed by atoms with Crippen molar-refractivity contribution in [1.29, 1.82) is 0 Å². The molecule has 1 unspecified atom stereocenters. The van der Waals surface area contributed by atoms with Crippen LogP contribution in [-0.4, -0.2) is 0 Å². The predicted octanol–water partition coefficient (Wildman–Crippen LogP) is 12.6. The Hall–Kier alpha value is -6.38. The number of para-hydroxylation sites is 1. The van der Waals surface area contributed by atoms with Gasteiger partial charge in [-0.2, -0.15) is 0 Å². The van der Waals surface area contributed by atoms with Gasteiger partial charge in [-0.15, -0.1) is 0 Å². The molecular weight excluding hydrogens is 595 g/mol. The van der Waals surface area contributed by atoms with Gasteiger partial charge in [-0.3, -0.25) is 0 Å². The van der Waals surface area contributed by atoms with Crippen LogP contribution in [-0.2, 0) is 5.41 Å². The van der Waals surface area contributed by atoms with Crippen LogP contribution in [0.2, 0.25) is 0 Å². The number of fused-ring (bicyclic) bond motifs is 14. The van der Waals surface area contributed by atoms with Crippen LogP contribution in [0.4, 0.5) is 17.1 Å². The Bertz CT molecular complexity index is 2720. The summed E-state index contributed by atoms with van der Waals surface area (Å²) in [7, 11) is 0. The molecule has 0 N–H and O–H groups in total. The van der Waals surface area contributed by atoms with E-state index in [1.807, 2.05) is 0 Å². The molecule has 1 heterocycles. The molecule has 1 atom stereocenters. The number of anilines is 3. The molecule has 228 valence electrons. The quantitative estimate of drug-likeness (QED) is 0.195. The molecule has 9 aromatic rings. The molecule has 0 aliphatic heterocycles. The van der Waals surface area contributed by atoms with Crippen LogP contribution in [0, 0.1) is 0 Å². The predicted molar refractivity (Wildman–Crippen MR) is 202 cm³/mol. The molecule has 0 amide bonds. The number of nitrogens with zero attached hydrogens (tertiary/aromatic N) is 1. The van der Waals surface area contributed by atoms with Crippen molar-refractivity contribution in [2.75, 3.05) is 4.90 Å². The van der Waals surface area contributed by atoms with Gasteiger partial charge < -0.3 is 9.32 Å². The van der Waals surface area contributed by atoms with Crippen LogP contribution in [0.5, 0.6) is 0 Å². The monoisotopic (exact) mass is 623 g/mol. The summed E-state index contributed by atoms with van der Waals surface area (Å²) < 4.78 is 7.02. The first kappa shape index (κ1) is 26.7. The molecule has 11 rings (SSSR count). The average molecular weight is 624 g/mol. The fourth-order valence-corrected chi connectivity index (χ4v) is 8.95. The van der Waals surface area contributed by atoms with Gasteiger partial charge in [0.1, 0.15) is 16.8 Å². The molecule has 8 aromatic carbocycles. The van der Waals surface area contributed by atoms with Crippen LogP contribution in [0.1, 0.15) is 22.5 Å². The fourth-order valence-electron chi connectivity index (χ4n) is 8.95. The summed E-state index contributed by atoms with van der Waals surface area (Å²) in [6, 6.07) is 64.0. The van der Waals surface area contributed by atoms with E-state index in [-0.39, 0.29) is 0 Å². The van der Waals surface area contributed by atoms with Gasteiger partial charge in [-0.05, 0) is 62.9 Å². The van der Waals surface area contributed by atoms with Crippen molar-refractivity contribution in [2.45, 2.75) is 5.41 Å². The molecule has 2 aliphatic rings. The zero-order valence-electron chi connectivity index (χ0n) is 26.6. The zero-order valence-corrected chi connectivity index (χ0v) is 26.6. The molecule has 2 heteroatoms. The summed E-state index contributed by atoms with van der Waals surface area (Å²) in [5.74, 6) is 1.01. The number of hydrogen-bond acceptors (Lipinski definition) is 2. The van der Waals surface area contributed by atoms with Gasteiger partial charge in [0.15, 0.2) is 0 Å². The van der Waals surface area contributed by atoms with E-state index in [9.17, 15) is 0 Å². The summed E-state index contributed by atoms with van der Waals surface area (Å²) in [4.78, 5) is 2.50. The molecule has 49 heavy (non-hydrogen) atoms. The van der Waals surface area contributed by atoms with Crippen LogP contribution < -0.4 is 4.90 Å². The minimum atomic E-state index is -0.587.